The number of hydrogen-bond donors (Lipinski definition) is 1. The van der Waals surface area contributed by atoms with Gasteiger partial charge < -0.3 is 10.1 Å². The molecule has 1 aromatic rings. The van der Waals surface area contributed by atoms with Crippen molar-refractivity contribution in [2.45, 2.75) is 46.1 Å². The van der Waals surface area contributed by atoms with Gasteiger partial charge in [-0.1, -0.05) is 26.7 Å². The minimum Gasteiger partial charge on any atom is -0.488 e. The fraction of sp³-hybridized carbons (Fsp3) is 0.600. The fourth-order valence-corrected chi connectivity index (χ4v) is 1.79. The summed E-state index contributed by atoms with van der Waals surface area (Å²) in [5.74, 6) is -1.50. The van der Waals surface area contributed by atoms with E-state index in [2.05, 4.69) is 12.2 Å². The Morgan fingerprint density at radius 1 is 1.05 bits per heavy atom. The van der Waals surface area contributed by atoms with E-state index in [1.165, 1.54) is 12.1 Å². The number of benzene rings is 1. The van der Waals surface area contributed by atoms with Crippen LogP contribution in [0.1, 0.15) is 45.1 Å². The Hall–Kier alpha value is -1.16. The lowest BCUT2D eigenvalue weighted by Gasteiger charge is -2.10. The zero-order chi connectivity index (χ0) is 14.1. The lowest BCUT2D eigenvalue weighted by molar-refractivity contribution is 0.276. The first kappa shape index (κ1) is 15.9. The van der Waals surface area contributed by atoms with Crippen molar-refractivity contribution in [3.8, 4) is 5.75 Å². The van der Waals surface area contributed by atoms with Crippen LogP contribution < -0.4 is 10.1 Å². The highest BCUT2D eigenvalue weighted by molar-refractivity contribution is 5.31. The molecule has 2 nitrogen and oxygen atoms in total. The Kier molecular flexibility index (Phi) is 7.41. The van der Waals surface area contributed by atoms with E-state index in [1.54, 1.807) is 0 Å². The molecule has 0 saturated heterocycles. The van der Waals surface area contributed by atoms with Crippen LogP contribution >= 0.6 is 0 Å². The van der Waals surface area contributed by atoms with Gasteiger partial charge in [0, 0.05) is 6.54 Å². The Balaban J connectivity index is 2.58. The van der Waals surface area contributed by atoms with Gasteiger partial charge in [-0.25, -0.2) is 8.78 Å². The van der Waals surface area contributed by atoms with Gasteiger partial charge in [-0.3, -0.25) is 0 Å². The van der Waals surface area contributed by atoms with E-state index >= 15 is 0 Å². The second-order valence-corrected chi connectivity index (χ2v) is 4.62. The van der Waals surface area contributed by atoms with E-state index in [-0.39, 0.29) is 5.75 Å². The van der Waals surface area contributed by atoms with Crippen molar-refractivity contribution in [1.82, 2.24) is 5.32 Å². The molecular formula is C15H23F2NO. The molecule has 0 unspecified atom stereocenters. The van der Waals surface area contributed by atoms with Gasteiger partial charge in [0.2, 0.25) is 0 Å². The van der Waals surface area contributed by atoms with Crippen LogP contribution in [0.4, 0.5) is 8.78 Å². The highest BCUT2D eigenvalue weighted by Crippen LogP contribution is 2.23. The molecule has 108 valence electrons. The normalized spacial score (nSPS) is 10.7. The molecule has 0 atom stereocenters. The molecule has 19 heavy (non-hydrogen) atoms. The maximum atomic E-state index is 13.7. The zero-order valence-electron chi connectivity index (χ0n) is 11.8. The van der Waals surface area contributed by atoms with Crippen molar-refractivity contribution in [3.63, 3.8) is 0 Å². The van der Waals surface area contributed by atoms with Gasteiger partial charge in [0.15, 0.2) is 17.4 Å². The highest BCUT2D eigenvalue weighted by atomic mass is 19.1. The van der Waals surface area contributed by atoms with Crippen LogP contribution in [-0.4, -0.2) is 13.2 Å². The predicted molar refractivity (Wildman–Crippen MR) is 73.4 cm³/mol. The Labute approximate surface area is 114 Å². The lowest BCUT2D eigenvalue weighted by Crippen LogP contribution is -2.14. The number of halogens is 2. The molecule has 0 fully saturated rings. The summed E-state index contributed by atoms with van der Waals surface area (Å²) in [5, 5.41) is 3.11. The summed E-state index contributed by atoms with van der Waals surface area (Å²) in [4.78, 5) is 0. The summed E-state index contributed by atoms with van der Waals surface area (Å²) >= 11 is 0. The first-order valence-corrected chi connectivity index (χ1v) is 7.00. The first-order valence-electron chi connectivity index (χ1n) is 7.00. The maximum absolute atomic E-state index is 13.7. The second-order valence-electron chi connectivity index (χ2n) is 4.62. The maximum Gasteiger partial charge on any atom is 0.190 e. The predicted octanol–water partition coefficient (Wildman–Crippen LogP) is 4.03. The molecule has 0 spiro atoms. The summed E-state index contributed by atoms with van der Waals surface area (Å²) in [5.41, 5.74) is 0.601. The van der Waals surface area contributed by atoms with Crippen molar-refractivity contribution in [2.24, 2.45) is 0 Å². The molecule has 1 rings (SSSR count). The van der Waals surface area contributed by atoms with Crippen molar-refractivity contribution in [3.05, 3.63) is 29.3 Å². The molecule has 0 aliphatic heterocycles. The van der Waals surface area contributed by atoms with E-state index in [4.69, 9.17) is 4.74 Å². The van der Waals surface area contributed by atoms with Gasteiger partial charge in [0.05, 0.1) is 6.61 Å². The molecule has 0 aliphatic carbocycles. The van der Waals surface area contributed by atoms with E-state index in [9.17, 15) is 8.78 Å². The van der Waals surface area contributed by atoms with Crippen LogP contribution in [0.2, 0.25) is 0 Å². The second kappa shape index (κ2) is 8.86. The van der Waals surface area contributed by atoms with Crippen LogP contribution in [0.5, 0.6) is 5.75 Å². The summed E-state index contributed by atoms with van der Waals surface area (Å²) in [6.45, 7) is 5.77. The van der Waals surface area contributed by atoms with E-state index in [0.717, 1.165) is 32.2 Å². The molecule has 0 amide bonds. The molecule has 0 heterocycles. The van der Waals surface area contributed by atoms with Crippen LogP contribution in [-0.2, 0) is 6.54 Å². The molecule has 4 heteroatoms. The van der Waals surface area contributed by atoms with Gasteiger partial charge >= 0.3 is 0 Å². The van der Waals surface area contributed by atoms with Gasteiger partial charge in [-0.05, 0) is 37.1 Å². The summed E-state index contributed by atoms with van der Waals surface area (Å²) in [7, 11) is 0. The van der Waals surface area contributed by atoms with Crippen LogP contribution in [0, 0.1) is 11.6 Å². The smallest absolute Gasteiger partial charge is 0.190 e. The van der Waals surface area contributed by atoms with Crippen molar-refractivity contribution in [1.29, 1.82) is 0 Å². The van der Waals surface area contributed by atoms with Crippen LogP contribution in [0.25, 0.3) is 0 Å². The minimum absolute atomic E-state index is 0.254. The van der Waals surface area contributed by atoms with Crippen molar-refractivity contribution in [2.75, 3.05) is 13.2 Å². The Bertz CT molecular complexity index is 359. The van der Waals surface area contributed by atoms with E-state index in [0.29, 0.717) is 18.7 Å². The van der Waals surface area contributed by atoms with Gasteiger partial charge in [0.1, 0.15) is 0 Å². The quantitative estimate of drug-likeness (QED) is 0.685. The Morgan fingerprint density at radius 3 is 2.32 bits per heavy atom. The zero-order valence-corrected chi connectivity index (χ0v) is 11.8. The molecular weight excluding hydrogens is 248 g/mol. The third kappa shape index (κ3) is 5.55. The number of hydrogen-bond acceptors (Lipinski definition) is 2. The van der Waals surface area contributed by atoms with E-state index in [1.807, 2.05) is 6.92 Å². The molecule has 0 bridgehead atoms. The molecule has 0 aliphatic rings. The number of ether oxygens (including phenoxy) is 1. The highest BCUT2D eigenvalue weighted by Gasteiger charge is 2.12. The standard InChI is InChI=1S/C15H23F2NO/c1-3-5-6-8-19-15-13(16)9-12(10-14(15)17)11-18-7-4-2/h9-10,18H,3-8,11H2,1-2H3. The van der Waals surface area contributed by atoms with Crippen molar-refractivity contribution < 1.29 is 13.5 Å². The average Bonchev–Trinajstić information content (AvgIpc) is 2.37. The van der Waals surface area contributed by atoms with Gasteiger partial charge in [0.25, 0.3) is 0 Å². The van der Waals surface area contributed by atoms with Crippen LogP contribution in [0.15, 0.2) is 12.1 Å². The third-order valence-corrected chi connectivity index (χ3v) is 2.81. The number of unbranched alkanes of at least 4 members (excludes halogenated alkanes) is 2. The Morgan fingerprint density at radius 2 is 1.74 bits per heavy atom. The number of nitrogens with one attached hydrogen (secondary N) is 1. The molecule has 0 radical (unpaired) electrons. The number of rotatable bonds is 9. The molecule has 0 saturated carbocycles. The average molecular weight is 271 g/mol. The monoisotopic (exact) mass is 271 g/mol. The first-order chi connectivity index (χ1) is 9.19. The summed E-state index contributed by atoms with van der Waals surface area (Å²) < 4.78 is 32.7. The van der Waals surface area contributed by atoms with Gasteiger partial charge in [-0.15, -0.1) is 0 Å². The molecule has 0 aromatic heterocycles. The summed E-state index contributed by atoms with van der Waals surface area (Å²) in [6, 6.07) is 2.67. The third-order valence-electron chi connectivity index (χ3n) is 2.81. The van der Waals surface area contributed by atoms with Crippen LogP contribution in [0.3, 0.4) is 0 Å². The van der Waals surface area contributed by atoms with Crippen molar-refractivity contribution >= 4 is 0 Å². The fourth-order valence-electron chi connectivity index (χ4n) is 1.79. The lowest BCUT2D eigenvalue weighted by atomic mass is 10.2. The largest absolute Gasteiger partial charge is 0.488 e. The topological polar surface area (TPSA) is 21.3 Å². The molecule has 1 aromatic carbocycles. The minimum atomic E-state index is -0.621. The van der Waals surface area contributed by atoms with E-state index < -0.39 is 11.6 Å². The molecule has 1 N–H and O–H groups in total. The van der Waals surface area contributed by atoms with Gasteiger partial charge in [-0.2, -0.15) is 0 Å². The SMILES string of the molecule is CCCCCOc1c(F)cc(CNCCC)cc1F. The summed E-state index contributed by atoms with van der Waals surface area (Å²) in [6.07, 6.45) is 3.86.